The molecule has 0 spiro atoms. The fraction of sp³-hybridized carbons (Fsp3) is 0.320. The lowest BCUT2D eigenvalue weighted by molar-refractivity contribution is -0.118. The predicted octanol–water partition coefficient (Wildman–Crippen LogP) is 7.44. The van der Waals surface area contributed by atoms with Gasteiger partial charge in [-0.05, 0) is 52.2 Å². The van der Waals surface area contributed by atoms with E-state index < -0.39 is 0 Å². The van der Waals surface area contributed by atoms with E-state index in [1.54, 1.807) is 13.3 Å². The second-order valence-corrected chi connectivity index (χ2v) is 10.9. The molecular formula is C25H27BrClN3O3S2. The van der Waals surface area contributed by atoms with Crippen molar-refractivity contribution in [2.24, 2.45) is 5.10 Å². The van der Waals surface area contributed by atoms with Crippen molar-refractivity contribution in [3.63, 3.8) is 0 Å². The third-order valence-corrected chi connectivity index (χ3v) is 7.71. The van der Waals surface area contributed by atoms with Gasteiger partial charge in [-0.1, -0.05) is 61.7 Å². The van der Waals surface area contributed by atoms with Crippen molar-refractivity contribution in [3.8, 4) is 22.8 Å². The number of unbranched alkanes of at least 4 members (excludes halogenated alkanes) is 3. The van der Waals surface area contributed by atoms with Gasteiger partial charge in [0.2, 0.25) is 0 Å². The Morgan fingerprint density at radius 2 is 2.06 bits per heavy atom. The summed E-state index contributed by atoms with van der Waals surface area (Å²) < 4.78 is 13.0. The number of thioether (sulfide) groups is 1. The van der Waals surface area contributed by atoms with Gasteiger partial charge < -0.3 is 9.47 Å². The van der Waals surface area contributed by atoms with Crippen molar-refractivity contribution in [1.82, 2.24) is 10.4 Å². The first-order chi connectivity index (χ1) is 17.0. The Balaban J connectivity index is 1.49. The van der Waals surface area contributed by atoms with Crippen molar-refractivity contribution < 1.29 is 14.3 Å². The minimum absolute atomic E-state index is 0.211. The highest BCUT2D eigenvalue weighted by Gasteiger charge is 2.12. The monoisotopic (exact) mass is 595 g/mol. The average Bonchev–Trinajstić information content (AvgIpc) is 3.33. The summed E-state index contributed by atoms with van der Waals surface area (Å²) in [4.78, 5) is 16.8. The van der Waals surface area contributed by atoms with Crippen LogP contribution in [0.4, 0.5) is 0 Å². The van der Waals surface area contributed by atoms with Gasteiger partial charge in [0.15, 0.2) is 15.8 Å². The maximum absolute atomic E-state index is 12.2. The van der Waals surface area contributed by atoms with Gasteiger partial charge in [0, 0.05) is 16.0 Å². The van der Waals surface area contributed by atoms with Crippen molar-refractivity contribution in [2.45, 2.75) is 36.9 Å². The maximum atomic E-state index is 12.2. The molecule has 0 unspecified atom stereocenters. The van der Waals surface area contributed by atoms with E-state index in [0.717, 1.165) is 38.5 Å². The largest absolute Gasteiger partial charge is 0.493 e. The molecule has 0 radical (unpaired) electrons. The molecule has 0 aliphatic heterocycles. The van der Waals surface area contributed by atoms with Crippen LogP contribution in [0.2, 0.25) is 5.02 Å². The van der Waals surface area contributed by atoms with E-state index >= 15 is 0 Å². The number of hydrogen-bond acceptors (Lipinski definition) is 7. The van der Waals surface area contributed by atoms with E-state index in [9.17, 15) is 4.79 Å². The number of benzene rings is 2. The molecule has 0 atom stereocenters. The number of thiazole rings is 1. The van der Waals surface area contributed by atoms with E-state index in [1.165, 1.54) is 35.9 Å². The number of carbonyl (C=O) groups is 1. The second kappa shape index (κ2) is 14.5. The molecular weight excluding hydrogens is 570 g/mol. The van der Waals surface area contributed by atoms with Crippen LogP contribution in [-0.4, -0.2) is 36.6 Å². The number of rotatable bonds is 13. The Bertz CT molecular complexity index is 1140. The molecule has 2 aromatic carbocycles. The van der Waals surface area contributed by atoms with Crippen LogP contribution in [0.3, 0.4) is 0 Å². The summed E-state index contributed by atoms with van der Waals surface area (Å²) in [5.74, 6) is 1.27. The van der Waals surface area contributed by atoms with Gasteiger partial charge >= 0.3 is 0 Å². The van der Waals surface area contributed by atoms with Gasteiger partial charge in [0.1, 0.15) is 0 Å². The molecule has 1 N–H and O–H groups in total. The first-order valence-electron chi connectivity index (χ1n) is 11.2. The lowest BCUT2D eigenvalue weighted by Gasteiger charge is -2.13. The van der Waals surface area contributed by atoms with Gasteiger partial charge in [-0.2, -0.15) is 5.10 Å². The number of halogens is 2. The van der Waals surface area contributed by atoms with Crippen molar-refractivity contribution >= 4 is 62.8 Å². The zero-order valence-corrected chi connectivity index (χ0v) is 23.5. The number of carbonyl (C=O) groups excluding carboxylic acids is 1. The number of methoxy groups -OCH3 is 1. The first-order valence-corrected chi connectivity index (χ1v) is 14.2. The first kappa shape index (κ1) is 27.5. The number of aromatic nitrogens is 1. The third-order valence-electron chi connectivity index (χ3n) is 4.85. The van der Waals surface area contributed by atoms with Crippen LogP contribution in [0.5, 0.6) is 11.5 Å². The summed E-state index contributed by atoms with van der Waals surface area (Å²) in [5, 5.41) is 6.72. The van der Waals surface area contributed by atoms with E-state index in [2.05, 4.69) is 38.4 Å². The molecule has 0 saturated carbocycles. The number of nitrogens with one attached hydrogen (secondary N) is 1. The van der Waals surface area contributed by atoms with E-state index in [0.29, 0.717) is 23.1 Å². The molecule has 3 rings (SSSR count). The molecule has 0 saturated heterocycles. The molecule has 1 aromatic heterocycles. The van der Waals surface area contributed by atoms with Crippen LogP contribution in [-0.2, 0) is 4.79 Å². The summed E-state index contributed by atoms with van der Waals surface area (Å²) in [6.07, 6.45) is 6.11. The maximum Gasteiger partial charge on any atom is 0.250 e. The topological polar surface area (TPSA) is 72.8 Å². The summed E-state index contributed by atoms with van der Waals surface area (Å²) in [5.41, 5.74) is 5.18. The van der Waals surface area contributed by atoms with Crippen LogP contribution in [0.15, 0.2) is 55.7 Å². The summed E-state index contributed by atoms with van der Waals surface area (Å²) in [6.45, 7) is 2.82. The number of hydrogen-bond donors (Lipinski definition) is 1. The predicted molar refractivity (Wildman–Crippen MR) is 149 cm³/mol. The highest BCUT2D eigenvalue weighted by molar-refractivity contribution is 9.10. The van der Waals surface area contributed by atoms with Gasteiger partial charge in [-0.25, -0.2) is 10.4 Å². The number of amides is 1. The molecule has 6 nitrogen and oxygen atoms in total. The molecule has 10 heteroatoms. The van der Waals surface area contributed by atoms with Crippen molar-refractivity contribution in [3.05, 3.63) is 56.8 Å². The normalized spacial score (nSPS) is 11.1. The Morgan fingerprint density at radius 1 is 1.26 bits per heavy atom. The SMILES string of the molecule is CCCCCCOc1c(Br)cc(/C=N/NC(=O)CSc2nc(-c3ccc(Cl)cc3)cs2)cc1OC. The lowest BCUT2D eigenvalue weighted by atomic mass is 10.2. The lowest BCUT2D eigenvalue weighted by Crippen LogP contribution is -2.19. The molecule has 3 aromatic rings. The van der Waals surface area contributed by atoms with Gasteiger partial charge in [-0.15, -0.1) is 11.3 Å². The Labute approximate surface area is 227 Å². The minimum atomic E-state index is -0.215. The quantitative estimate of drug-likeness (QED) is 0.0961. The van der Waals surface area contributed by atoms with E-state index in [-0.39, 0.29) is 11.7 Å². The summed E-state index contributed by atoms with van der Waals surface area (Å²) >= 11 is 12.3. The highest BCUT2D eigenvalue weighted by Crippen LogP contribution is 2.36. The average molecular weight is 597 g/mol. The second-order valence-electron chi connectivity index (χ2n) is 7.53. The minimum Gasteiger partial charge on any atom is -0.493 e. The standard InChI is InChI=1S/C25H27BrClN3O3S2/c1-3-4-5-6-11-33-24-20(26)12-17(13-22(24)32-2)14-28-30-23(31)16-35-25-29-21(15-34-25)18-7-9-19(27)10-8-18/h7-10,12-15H,3-6,11,16H2,1-2H3,(H,30,31)/b28-14+. The van der Waals surface area contributed by atoms with Gasteiger partial charge in [-0.3, -0.25) is 4.79 Å². The van der Waals surface area contributed by atoms with E-state index in [1.807, 2.05) is 41.8 Å². The Hall–Kier alpha value is -2.07. The third kappa shape index (κ3) is 8.83. The molecule has 0 fully saturated rings. The number of nitrogens with zero attached hydrogens (tertiary/aromatic N) is 2. The smallest absolute Gasteiger partial charge is 0.250 e. The fourth-order valence-corrected chi connectivity index (χ4v) is 5.40. The van der Waals surface area contributed by atoms with E-state index in [4.69, 9.17) is 21.1 Å². The summed E-state index contributed by atoms with van der Waals surface area (Å²) in [6, 6.07) is 11.2. The number of ether oxygens (including phenoxy) is 2. The fourth-order valence-electron chi connectivity index (χ4n) is 3.07. The highest BCUT2D eigenvalue weighted by atomic mass is 79.9. The zero-order valence-electron chi connectivity index (χ0n) is 19.6. The van der Waals surface area contributed by atoms with Crippen molar-refractivity contribution in [2.75, 3.05) is 19.5 Å². The van der Waals surface area contributed by atoms with Crippen LogP contribution in [0.25, 0.3) is 11.3 Å². The van der Waals surface area contributed by atoms with Gasteiger partial charge in [0.25, 0.3) is 5.91 Å². The molecule has 35 heavy (non-hydrogen) atoms. The van der Waals surface area contributed by atoms with Crippen molar-refractivity contribution in [1.29, 1.82) is 0 Å². The van der Waals surface area contributed by atoms with Gasteiger partial charge in [0.05, 0.1) is 35.9 Å². The molecule has 1 heterocycles. The van der Waals surface area contributed by atoms with Crippen LogP contribution >= 0.6 is 50.6 Å². The molecule has 0 aliphatic rings. The van der Waals surface area contributed by atoms with Crippen LogP contribution in [0.1, 0.15) is 38.2 Å². The molecule has 1 amide bonds. The summed E-state index contributed by atoms with van der Waals surface area (Å²) in [7, 11) is 1.60. The van der Waals surface area contributed by atoms with Crippen LogP contribution in [0, 0.1) is 0 Å². The van der Waals surface area contributed by atoms with Crippen LogP contribution < -0.4 is 14.9 Å². The Kier molecular flexibility index (Phi) is 11.4. The zero-order chi connectivity index (χ0) is 25.0. The molecule has 186 valence electrons. The number of hydrazone groups is 1. The molecule has 0 bridgehead atoms. The molecule has 0 aliphatic carbocycles. The Morgan fingerprint density at radius 3 is 2.80 bits per heavy atom.